The molecule has 1 rings (SSSR count). The predicted octanol–water partition coefficient (Wildman–Crippen LogP) is 3.50. The van der Waals surface area contributed by atoms with Gasteiger partial charge in [0.1, 0.15) is 0 Å². The van der Waals surface area contributed by atoms with Crippen LogP contribution in [-0.4, -0.2) is 0 Å². The minimum Gasteiger partial charge on any atom is -0.358 e. The summed E-state index contributed by atoms with van der Waals surface area (Å²) in [5.41, 5.74) is 0. The van der Waals surface area contributed by atoms with Crippen LogP contribution in [-0.2, 0) is 21.7 Å². The summed E-state index contributed by atoms with van der Waals surface area (Å²) >= 11 is 0. The van der Waals surface area contributed by atoms with Gasteiger partial charge in [-0.1, -0.05) is 0 Å². The molecule has 0 saturated heterocycles. The third-order valence-electron chi connectivity index (χ3n) is 0.586. The van der Waals surface area contributed by atoms with E-state index >= 15 is 0 Å². The summed E-state index contributed by atoms with van der Waals surface area (Å²) < 4.78 is 0. The molecule has 3 heteroatoms. The smallest absolute Gasteiger partial charge is 0.358 e. The number of allylic oxidation sites excluding steroid dienone is 4. The average Bonchev–Trinajstić information content (AvgIpc) is 1.76. The summed E-state index contributed by atoms with van der Waals surface area (Å²) in [5.74, 6) is 0. The van der Waals surface area contributed by atoms with E-state index in [1.165, 1.54) is 0 Å². The molecule has 0 radical (unpaired) electrons. The van der Waals surface area contributed by atoms with Gasteiger partial charge < -0.3 is 22.3 Å². The van der Waals surface area contributed by atoms with Crippen LogP contribution >= 0.6 is 24.8 Å². The molecule has 0 bridgehead atoms. The molecule has 0 aromatic heterocycles. The zero-order chi connectivity index (χ0) is 3.54. The Morgan fingerprint density at radius 2 is 1.45 bits per heavy atom. The summed E-state index contributed by atoms with van der Waals surface area (Å²) in [6, 6.07) is 0. The SMILES string of the molecule is Cl.Cl.[C-]1=CC=CC1.[CH3-].[CH3-].[CH3-].[Ti+4]. The van der Waals surface area contributed by atoms with E-state index in [9.17, 15) is 0 Å². The maximum atomic E-state index is 2.99. The van der Waals surface area contributed by atoms with E-state index in [2.05, 4.69) is 12.2 Å². The van der Waals surface area contributed by atoms with E-state index in [0.717, 1.165) is 6.42 Å². The molecule has 0 aromatic carbocycles. The molecule has 0 aromatic rings. The molecular formula is C8H16Cl2Ti. The molecule has 0 fully saturated rings. The number of halogens is 2. The molecule has 0 saturated carbocycles. The molecule has 1 aliphatic rings. The summed E-state index contributed by atoms with van der Waals surface area (Å²) in [6.45, 7) is 0. The molecule has 66 valence electrons. The van der Waals surface area contributed by atoms with Gasteiger partial charge in [-0.15, -0.1) is 31.2 Å². The van der Waals surface area contributed by atoms with E-state index < -0.39 is 0 Å². The Labute approximate surface area is 99.2 Å². The average molecular weight is 231 g/mol. The Bertz CT molecular complexity index is 70.2. The van der Waals surface area contributed by atoms with Crippen LogP contribution in [0.3, 0.4) is 0 Å². The van der Waals surface area contributed by atoms with Crippen LogP contribution in [0.4, 0.5) is 0 Å². The zero-order valence-electron chi connectivity index (χ0n) is 7.26. The van der Waals surface area contributed by atoms with Crippen LogP contribution in [0.25, 0.3) is 0 Å². The minimum absolute atomic E-state index is 0. The van der Waals surface area contributed by atoms with Crippen LogP contribution in [0.5, 0.6) is 0 Å². The van der Waals surface area contributed by atoms with Gasteiger partial charge in [-0.25, -0.2) is 12.2 Å². The number of hydrogen-bond acceptors (Lipinski definition) is 0. The Balaban J connectivity index is -0.0000000104. The fraction of sp³-hybridized carbons (Fsp3) is 0.125. The van der Waals surface area contributed by atoms with Crippen molar-refractivity contribution in [2.45, 2.75) is 6.42 Å². The van der Waals surface area contributed by atoms with Gasteiger partial charge in [0.25, 0.3) is 0 Å². The van der Waals surface area contributed by atoms with Gasteiger partial charge in [-0.05, 0) is 0 Å². The molecule has 0 heterocycles. The van der Waals surface area contributed by atoms with E-state index in [1.807, 2.05) is 12.2 Å². The van der Waals surface area contributed by atoms with Gasteiger partial charge in [0.15, 0.2) is 0 Å². The summed E-state index contributed by atoms with van der Waals surface area (Å²) in [5, 5.41) is 0. The maximum absolute atomic E-state index is 2.99. The van der Waals surface area contributed by atoms with Crippen molar-refractivity contribution >= 4 is 24.8 Å². The zero-order valence-corrected chi connectivity index (χ0v) is 10.5. The number of hydrogen-bond donors (Lipinski definition) is 0. The predicted molar refractivity (Wildman–Crippen MR) is 55.3 cm³/mol. The van der Waals surface area contributed by atoms with Gasteiger partial charge in [-0.3, -0.25) is 6.08 Å². The first-order valence-electron chi connectivity index (χ1n) is 1.72. The summed E-state index contributed by atoms with van der Waals surface area (Å²) in [4.78, 5) is 0. The van der Waals surface area contributed by atoms with E-state index in [1.54, 1.807) is 0 Å². The minimum atomic E-state index is 0. The van der Waals surface area contributed by atoms with Crippen LogP contribution in [0.1, 0.15) is 6.42 Å². The van der Waals surface area contributed by atoms with Crippen molar-refractivity contribution in [1.82, 2.24) is 0 Å². The molecule has 0 N–H and O–H groups in total. The number of rotatable bonds is 0. The Morgan fingerprint density at radius 1 is 1.00 bits per heavy atom. The van der Waals surface area contributed by atoms with Crippen molar-refractivity contribution in [2.75, 3.05) is 0 Å². The second-order valence-corrected chi connectivity index (χ2v) is 1.00. The Morgan fingerprint density at radius 3 is 1.55 bits per heavy atom. The van der Waals surface area contributed by atoms with E-state index in [0.29, 0.717) is 0 Å². The van der Waals surface area contributed by atoms with Gasteiger partial charge in [0.2, 0.25) is 0 Å². The fourth-order valence-corrected chi connectivity index (χ4v) is 0.340. The standard InChI is InChI=1S/C5H5.3CH3.2ClH.Ti/c1-2-4-5-3-1;;;;;;/h1-3H,4H2;3*1H3;2*1H;/q4*-1;;;+4. The third kappa shape index (κ3) is 24.9. The van der Waals surface area contributed by atoms with E-state index in [-0.39, 0.29) is 68.8 Å². The second kappa shape index (κ2) is 30.9. The van der Waals surface area contributed by atoms with Crippen molar-refractivity contribution in [3.63, 3.8) is 0 Å². The quantitative estimate of drug-likeness (QED) is 0.442. The molecule has 0 aliphatic heterocycles. The van der Waals surface area contributed by atoms with Crippen LogP contribution in [0, 0.1) is 28.4 Å². The molecule has 0 nitrogen and oxygen atoms in total. The van der Waals surface area contributed by atoms with Gasteiger partial charge in [0, 0.05) is 0 Å². The fourth-order valence-electron chi connectivity index (χ4n) is 0.340. The van der Waals surface area contributed by atoms with Gasteiger partial charge in [-0.2, -0.15) is 6.08 Å². The maximum Gasteiger partial charge on any atom is 4.00 e. The van der Waals surface area contributed by atoms with Gasteiger partial charge >= 0.3 is 21.7 Å². The molecule has 1 aliphatic carbocycles. The van der Waals surface area contributed by atoms with Crippen LogP contribution < -0.4 is 0 Å². The van der Waals surface area contributed by atoms with E-state index in [4.69, 9.17) is 0 Å². The first-order valence-corrected chi connectivity index (χ1v) is 1.72. The normalized spacial score (nSPS) is 8.00. The van der Waals surface area contributed by atoms with Gasteiger partial charge in [0.05, 0.1) is 0 Å². The summed E-state index contributed by atoms with van der Waals surface area (Å²) in [7, 11) is 0. The molecular weight excluding hydrogens is 215 g/mol. The van der Waals surface area contributed by atoms with Crippen molar-refractivity contribution in [2.24, 2.45) is 0 Å². The van der Waals surface area contributed by atoms with Crippen molar-refractivity contribution in [3.8, 4) is 0 Å². The first-order chi connectivity index (χ1) is 2.50. The third-order valence-corrected chi connectivity index (χ3v) is 0.586. The Kier molecular flexibility index (Phi) is 115. The van der Waals surface area contributed by atoms with Crippen molar-refractivity contribution in [1.29, 1.82) is 0 Å². The molecule has 0 spiro atoms. The Hall–Kier alpha value is 0.774. The van der Waals surface area contributed by atoms with Crippen molar-refractivity contribution < 1.29 is 21.7 Å². The molecule has 0 amide bonds. The first kappa shape index (κ1) is 41.0. The molecule has 11 heavy (non-hydrogen) atoms. The summed E-state index contributed by atoms with van der Waals surface area (Å²) in [6.07, 6.45) is 10.0. The molecule has 0 atom stereocenters. The molecule has 0 unspecified atom stereocenters. The monoisotopic (exact) mass is 230 g/mol. The van der Waals surface area contributed by atoms with Crippen LogP contribution in [0.15, 0.2) is 18.2 Å². The van der Waals surface area contributed by atoms with Crippen LogP contribution in [0.2, 0.25) is 0 Å². The largest absolute Gasteiger partial charge is 4.00 e. The topological polar surface area (TPSA) is 0 Å². The van der Waals surface area contributed by atoms with Crippen molar-refractivity contribution in [3.05, 3.63) is 46.6 Å². The second-order valence-electron chi connectivity index (χ2n) is 1.00.